The number of aliphatic carboxylic acids is 1. The maximum atomic E-state index is 12.8. The van der Waals surface area contributed by atoms with Gasteiger partial charge in [-0.1, -0.05) is 12.1 Å². The minimum atomic E-state index is -0.996. The molecule has 0 atom stereocenters. The first-order valence-electron chi connectivity index (χ1n) is 7.15. The summed E-state index contributed by atoms with van der Waals surface area (Å²) in [5, 5.41) is 8.69. The van der Waals surface area contributed by atoms with Crippen LogP contribution in [0.15, 0.2) is 24.3 Å². The lowest BCUT2D eigenvalue weighted by Gasteiger charge is -2.32. The van der Waals surface area contributed by atoms with Crippen molar-refractivity contribution in [3.8, 4) is 0 Å². The fourth-order valence-corrected chi connectivity index (χ4v) is 2.77. The van der Waals surface area contributed by atoms with Gasteiger partial charge in [-0.3, -0.25) is 4.79 Å². The van der Waals surface area contributed by atoms with Gasteiger partial charge in [0.15, 0.2) is 0 Å². The second kappa shape index (κ2) is 5.72. The predicted octanol–water partition coefficient (Wildman–Crippen LogP) is 3.11. The molecule has 4 nitrogen and oxygen atoms in total. The van der Waals surface area contributed by atoms with E-state index in [-0.39, 0.29) is 11.4 Å². The average Bonchev–Trinajstić information content (AvgIpc) is 2.76. The summed E-state index contributed by atoms with van der Waals surface area (Å²) in [6, 6.07) is 5.45. The molecule has 1 aromatic rings. The van der Waals surface area contributed by atoms with E-state index in [4.69, 9.17) is 5.11 Å². The molecule has 0 aromatic heterocycles. The van der Waals surface area contributed by atoms with E-state index in [1.165, 1.54) is 6.08 Å². The summed E-state index contributed by atoms with van der Waals surface area (Å²) in [6.45, 7) is 6.85. The molecule has 1 aliphatic heterocycles. The maximum Gasteiger partial charge on any atom is 0.328 e. The van der Waals surface area contributed by atoms with Crippen molar-refractivity contribution in [1.29, 1.82) is 0 Å². The summed E-state index contributed by atoms with van der Waals surface area (Å²) in [5.41, 5.74) is 2.17. The summed E-state index contributed by atoms with van der Waals surface area (Å²) < 4.78 is 0. The molecule has 0 aliphatic carbocycles. The van der Waals surface area contributed by atoms with Crippen LogP contribution in [0, 0.1) is 6.92 Å². The van der Waals surface area contributed by atoms with E-state index >= 15 is 0 Å². The zero-order chi connectivity index (χ0) is 15.6. The van der Waals surface area contributed by atoms with Crippen molar-refractivity contribution in [2.45, 2.75) is 39.2 Å². The number of carboxylic acid groups (broad SMARTS) is 1. The monoisotopic (exact) mass is 287 g/mol. The van der Waals surface area contributed by atoms with Gasteiger partial charge in [0, 0.05) is 23.7 Å². The lowest BCUT2D eigenvalue weighted by molar-refractivity contribution is -0.131. The molecule has 1 aliphatic rings. The van der Waals surface area contributed by atoms with E-state index in [0.29, 0.717) is 5.56 Å². The zero-order valence-corrected chi connectivity index (χ0v) is 12.7. The molecule has 0 spiro atoms. The highest BCUT2D eigenvalue weighted by Crippen LogP contribution is 2.30. The Morgan fingerprint density at radius 2 is 2.05 bits per heavy atom. The van der Waals surface area contributed by atoms with E-state index < -0.39 is 5.97 Å². The standard InChI is InChI=1S/C17H21NO3/c1-12-5-6-13(7-8-15(19)20)11-14(12)16(21)18-10-4-9-17(18,2)3/h5-8,11H,4,9-10H2,1-3H3,(H,19,20). The molecular weight excluding hydrogens is 266 g/mol. The Morgan fingerprint density at radius 1 is 1.33 bits per heavy atom. The van der Waals surface area contributed by atoms with E-state index in [9.17, 15) is 9.59 Å². The van der Waals surface area contributed by atoms with Crippen LogP contribution >= 0.6 is 0 Å². The Balaban J connectivity index is 2.32. The Hall–Kier alpha value is -2.10. The normalized spacial score (nSPS) is 17.4. The third-order valence-electron chi connectivity index (χ3n) is 4.06. The second-order valence-corrected chi connectivity index (χ2v) is 6.12. The van der Waals surface area contributed by atoms with Crippen molar-refractivity contribution in [3.05, 3.63) is 41.0 Å². The Morgan fingerprint density at radius 3 is 2.62 bits per heavy atom. The molecule has 21 heavy (non-hydrogen) atoms. The SMILES string of the molecule is Cc1ccc(C=CC(=O)O)cc1C(=O)N1CCCC1(C)C. The van der Waals surface area contributed by atoms with Crippen molar-refractivity contribution in [1.82, 2.24) is 4.90 Å². The Kier molecular flexibility index (Phi) is 4.16. The van der Waals surface area contributed by atoms with E-state index in [1.807, 2.05) is 24.0 Å². The first-order valence-corrected chi connectivity index (χ1v) is 7.15. The fourth-order valence-electron chi connectivity index (χ4n) is 2.77. The molecule has 1 aromatic carbocycles. The smallest absolute Gasteiger partial charge is 0.328 e. The van der Waals surface area contributed by atoms with Gasteiger partial charge in [-0.2, -0.15) is 0 Å². The van der Waals surface area contributed by atoms with Gasteiger partial charge in [0.25, 0.3) is 5.91 Å². The summed E-state index contributed by atoms with van der Waals surface area (Å²) in [4.78, 5) is 25.3. The minimum Gasteiger partial charge on any atom is -0.478 e. The van der Waals surface area contributed by atoms with Gasteiger partial charge < -0.3 is 10.0 Å². The number of likely N-dealkylation sites (tertiary alicyclic amines) is 1. The number of carbonyl (C=O) groups is 2. The number of carboxylic acids is 1. The van der Waals surface area contributed by atoms with Crippen molar-refractivity contribution in [3.63, 3.8) is 0 Å². The third kappa shape index (κ3) is 3.32. The zero-order valence-electron chi connectivity index (χ0n) is 12.7. The number of hydrogen-bond acceptors (Lipinski definition) is 2. The summed E-state index contributed by atoms with van der Waals surface area (Å²) in [6.07, 6.45) is 4.62. The molecule has 1 saturated heterocycles. The number of aryl methyl sites for hydroxylation is 1. The van der Waals surface area contributed by atoms with Crippen LogP contribution in [0.1, 0.15) is 48.2 Å². The van der Waals surface area contributed by atoms with E-state index in [1.54, 1.807) is 6.07 Å². The number of rotatable bonds is 3. The highest BCUT2D eigenvalue weighted by atomic mass is 16.4. The van der Waals surface area contributed by atoms with Crippen LogP contribution in [0.5, 0.6) is 0 Å². The highest BCUT2D eigenvalue weighted by Gasteiger charge is 2.36. The van der Waals surface area contributed by atoms with Gasteiger partial charge in [0.1, 0.15) is 0 Å². The van der Waals surface area contributed by atoms with E-state index in [0.717, 1.165) is 36.6 Å². The van der Waals surface area contributed by atoms with Gasteiger partial charge >= 0.3 is 5.97 Å². The number of amides is 1. The van der Waals surface area contributed by atoms with Crippen LogP contribution < -0.4 is 0 Å². The van der Waals surface area contributed by atoms with Gasteiger partial charge in [-0.25, -0.2) is 4.79 Å². The van der Waals surface area contributed by atoms with Crippen LogP contribution in [0.3, 0.4) is 0 Å². The summed E-state index contributed by atoms with van der Waals surface area (Å²) in [5.74, 6) is -0.968. The van der Waals surface area contributed by atoms with Crippen molar-refractivity contribution < 1.29 is 14.7 Å². The maximum absolute atomic E-state index is 12.8. The number of hydrogen-bond donors (Lipinski definition) is 1. The highest BCUT2D eigenvalue weighted by molar-refractivity contribution is 5.97. The molecule has 1 N–H and O–H groups in total. The molecule has 0 unspecified atom stereocenters. The lowest BCUT2D eigenvalue weighted by atomic mass is 9.99. The van der Waals surface area contributed by atoms with Crippen molar-refractivity contribution in [2.75, 3.05) is 6.54 Å². The van der Waals surface area contributed by atoms with Crippen LogP contribution in [-0.2, 0) is 4.79 Å². The molecule has 1 fully saturated rings. The first kappa shape index (κ1) is 15.3. The first-order chi connectivity index (χ1) is 9.81. The molecule has 0 saturated carbocycles. The topological polar surface area (TPSA) is 57.6 Å². The Bertz CT molecular complexity index is 602. The van der Waals surface area contributed by atoms with Gasteiger partial charge in [-0.15, -0.1) is 0 Å². The minimum absolute atomic E-state index is 0.0283. The van der Waals surface area contributed by atoms with Crippen LogP contribution in [-0.4, -0.2) is 34.0 Å². The fraction of sp³-hybridized carbons (Fsp3) is 0.412. The molecule has 1 heterocycles. The molecule has 1 amide bonds. The molecule has 112 valence electrons. The molecule has 0 bridgehead atoms. The molecule has 2 rings (SSSR count). The van der Waals surface area contributed by atoms with Crippen LogP contribution in [0.2, 0.25) is 0 Å². The predicted molar refractivity (Wildman–Crippen MR) is 82.2 cm³/mol. The van der Waals surface area contributed by atoms with Crippen molar-refractivity contribution in [2.24, 2.45) is 0 Å². The van der Waals surface area contributed by atoms with Gasteiger partial charge in [0.05, 0.1) is 0 Å². The molecule has 0 radical (unpaired) electrons. The average molecular weight is 287 g/mol. The van der Waals surface area contributed by atoms with E-state index in [2.05, 4.69) is 13.8 Å². The van der Waals surface area contributed by atoms with Crippen LogP contribution in [0.25, 0.3) is 6.08 Å². The number of nitrogens with zero attached hydrogens (tertiary/aromatic N) is 1. The molecule has 4 heteroatoms. The van der Waals surface area contributed by atoms with Gasteiger partial charge in [0.2, 0.25) is 0 Å². The second-order valence-electron chi connectivity index (χ2n) is 6.12. The number of carbonyl (C=O) groups excluding carboxylic acids is 1. The van der Waals surface area contributed by atoms with Crippen LogP contribution in [0.4, 0.5) is 0 Å². The van der Waals surface area contributed by atoms with Gasteiger partial charge in [-0.05, 0) is 56.9 Å². The quantitative estimate of drug-likeness (QED) is 0.869. The largest absolute Gasteiger partial charge is 0.478 e. The Labute approximate surface area is 125 Å². The molecular formula is C17H21NO3. The third-order valence-corrected chi connectivity index (χ3v) is 4.06. The van der Waals surface area contributed by atoms with Crippen molar-refractivity contribution >= 4 is 18.0 Å². The lowest BCUT2D eigenvalue weighted by Crippen LogP contribution is -2.42. The summed E-state index contributed by atoms with van der Waals surface area (Å²) in [7, 11) is 0. The summed E-state index contributed by atoms with van der Waals surface area (Å²) >= 11 is 0. The number of benzene rings is 1.